The fourth-order valence-corrected chi connectivity index (χ4v) is 0.317. The van der Waals surface area contributed by atoms with Crippen LogP contribution in [0, 0.1) is 0 Å². The summed E-state index contributed by atoms with van der Waals surface area (Å²) in [6, 6.07) is 0. The van der Waals surface area contributed by atoms with E-state index >= 15 is 0 Å². The summed E-state index contributed by atoms with van der Waals surface area (Å²) in [6.45, 7) is -0.126. The number of rotatable bonds is 0. The topological polar surface area (TPSA) is 55.4 Å². The summed E-state index contributed by atoms with van der Waals surface area (Å²) in [4.78, 5) is 19.9. The van der Waals surface area contributed by atoms with E-state index in [9.17, 15) is 9.59 Å². The Kier molecular flexibility index (Phi) is 2.59. The molecule has 8 heavy (non-hydrogen) atoms. The molecule has 4 nitrogen and oxygen atoms in total. The van der Waals surface area contributed by atoms with Crippen LogP contribution in [0.5, 0.6) is 0 Å². The molecular formula is C3H4LiNO3. The van der Waals surface area contributed by atoms with Crippen molar-refractivity contribution >= 4 is 12.0 Å². The summed E-state index contributed by atoms with van der Waals surface area (Å²) >= 11 is 0. The van der Waals surface area contributed by atoms with E-state index in [2.05, 4.69) is 4.74 Å². The van der Waals surface area contributed by atoms with Gasteiger partial charge in [0.05, 0.1) is 0 Å². The van der Waals surface area contributed by atoms with E-state index in [0.717, 1.165) is 0 Å². The normalized spacial score (nSPS) is 16.5. The maximum absolute atomic E-state index is 10.00. The van der Waals surface area contributed by atoms with Crippen molar-refractivity contribution in [2.75, 3.05) is 6.61 Å². The van der Waals surface area contributed by atoms with Crippen LogP contribution in [0.1, 0.15) is 1.43 Å². The van der Waals surface area contributed by atoms with Gasteiger partial charge >= 0.3 is 25.0 Å². The second-order valence-electron chi connectivity index (χ2n) is 1.12. The Morgan fingerprint density at radius 3 is 2.38 bits per heavy atom. The first kappa shape index (κ1) is 7.54. The molecule has 1 aliphatic rings. The van der Waals surface area contributed by atoms with Crippen molar-refractivity contribution in [3.8, 4) is 0 Å². The predicted octanol–water partition coefficient (Wildman–Crippen LogP) is -3.63. The number of carbonyl (C=O) groups is 2. The van der Waals surface area contributed by atoms with Crippen LogP contribution < -0.4 is 24.2 Å². The smallest absolute Gasteiger partial charge is 1.00 e. The first-order chi connectivity index (χ1) is 3.29. The molecule has 0 spiro atoms. The molecule has 2 amide bonds. The standard InChI is InChI=1S/C3H3NO3.Li.H/c5-2-1-7-3(6)4-2;;/h1H2,(H,4,5,6);;/q;+1;-1. The zero-order chi connectivity index (χ0) is 5.28. The molecule has 0 atom stereocenters. The second kappa shape index (κ2) is 2.75. The molecule has 0 aromatic heterocycles. The number of hydrogen-bond acceptors (Lipinski definition) is 3. The first-order valence-electron chi connectivity index (χ1n) is 1.75. The van der Waals surface area contributed by atoms with E-state index in [1.54, 1.807) is 0 Å². The molecule has 0 unspecified atom stereocenters. The monoisotopic (exact) mass is 109 g/mol. The van der Waals surface area contributed by atoms with Gasteiger partial charge in [0.15, 0.2) is 6.61 Å². The van der Waals surface area contributed by atoms with E-state index < -0.39 is 6.09 Å². The Morgan fingerprint density at radius 1 is 1.62 bits per heavy atom. The molecule has 1 heterocycles. The van der Waals surface area contributed by atoms with E-state index in [-0.39, 0.29) is 32.8 Å². The van der Waals surface area contributed by atoms with E-state index in [0.29, 0.717) is 0 Å². The molecule has 0 radical (unpaired) electrons. The Hall–Kier alpha value is -0.463. The van der Waals surface area contributed by atoms with Crippen LogP contribution in [0.4, 0.5) is 4.79 Å². The minimum atomic E-state index is -0.648. The molecule has 40 valence electrons. The largest absolute Gasteiger partial charge is 1.00 e. The summed E-state index contributed by atoms with van der Waals surface area (Å²) in [7, 11) is 0. The van der Waals surface area contributed by atoms with Crippen molar-refractivity contribution in [3.63, 3.8) is 0 Å². The molecule has 0 aromatic rings. The summed E-state index contributed by atoms with van der Waals surface area (Å²) in [5.74, 6) is -0.370. The minimum Gasteiger partial charge on any atom is -1.00 e. The van der Waals surface area contributed by atoms with E-state index in [1.807, 2.05) is 5.32 Å². The van der Waals surface area contributed by atoms with Gasteiger partial charge in [0.2, 0.25) is 0 Å². The third kappa shape index (κ3) is 1.56. The van der Waals surface area contributed by atoms with Gasteiger partial charge in [-0.3, -0.25) is 10.1 Å². The van der Waals surface area contributed by atoms with Gasteiger partial charge in [-0.15, -0.1) is 0 Å². The Balaban J connectivity index is 0. The third-order valence-electron chi connectivity index (χ3n) is 0.576. The van der Waals surface area contributed by atoms with Crippen LogP contribution >= 0.6 is 0 Å². The number of hydrogen-bond donors (Lipinski definition) is 1. The van der Waals surface area contributed by atoms with Crippen LogP contribution in [-0.2, 0) is 9.53 Å². The van der Waals surface area contributed by atoms with Crippen LogP contribution in [0.15, 0.2) is 0 Å². The molecule has 5 heteroatoms. The van der Waals surface area contributed by atoms with E-state index in [1.165, 1.54) is 0 Å². The molecule has 0 aliphatic carbocycles. The van der Waals surface area contributed by atoms with Gasteiger partial charge in [0, 0.05) is 0 Å². The number of cyclic esters (lactones) is 1. The van der Waals surface area contributed by atoms with Crippen molar-refractivity contribution in [3.05, 3.63) is 0 Å². The van der Waals surface area contributed by atoms with Crippen molar-refractivity contribution in [1.82, 2.24) is 5.32 Å². The fraction of sp³-hybridized carbons (Fsp3) is 0.333. The molecule has 1 N–H and O–H groups in total. The number of amides is 2. The third-order valence-corrected chi connectivity index (χ3v) is 0.576. The van der Waals surface area contributed by atoms with Crippen LogP contribution in [0.3, 0.4) is 0 Å². The van der Waals surface area contributed by atoms with Gasteiger partial charge in [0.1, 0.15) is 0 Å². The summed E-state index contributed by atoms with van der Waals surface area (Å²) in [6.07, 6.45) is -0.648. The summed E-state index contributed by atoms with van der Waals surface area (Å²) in [5, 5.41) is 1.92. The van der Waals surface area contributed by atoms with Gasteiger partial charge in [-0.1, -0.05) is 0 Å². The molecule has 0 bridgehead atoms. The Morgan fingerprint density at radius 2 is 2.25 bits per heavy atom. The minimum absolute atomic E-state index is 0. The van der Waals surface area contributed by atoms with Crippen molar-refractivity contribution in [2.24, 2.45) is 0 Å². The number of nitrogens with one attached hydrogen (secondary N) is 1. The predicted molar refractivity (Wildman–Crippen MR) is 20.6 cm³/mol. The van der Waals surface area contributed by atoms with Gasteiger partial charge < -0.3 is 6.16 Å². The summed E-state index contributed by atoms with van der Waals surface area (Å²) in [5.41, 5.74) is 0. The first-order valence-corrected chi connectivity index (χ1v) is 1.75. The van der Waals surface area contributed by atoms with Crippen LogP contribution in [0.2, 0.25) is 0 Å². The number of imide groups is 1. The number of alkyl carbamates (subject to hydrolysis) is 1. The Labute approximate surface area is 59.2 Å². The molecule has 1 saturated heterocycles. The molecule has 0 saturated carbocycles. The maximum Gasteiger partial charge on any atom is 1.00 e. The summed E-state index contributed by atoms with van der Waals surface area (Å²) < 4.78 is 4.17. The molecule has 1 rings (SSSR count). The second-order valence-corrected chi connectivity index (χ2v) is 1.12. The molecule has 0 aromatic carbocycles. The Bertz CT molecular complexity index is 114. The number of ether oxygens (including phenoxy) is 1. The average Bonchev–Trinajstić information content (AvgIpc) is 1.87. The van der Waals surface area contributed by atoms with Gasteiger partial charge in [-0.2, -0.15) is 0 Å². The van der Waals surface area contributed by atoms with Gasteiger partial charge in [-0.25, -0.2) is 4.79 Å². The van der Waals surface area contributed by atoms with Gasteiger partial charge in [0.25, 0.3) is 5.91 Å². The van der Waals surface area contributed by atoms with Crippen LogP contribution in [0.25, 0.3) is 0 Å². The quantitative estimate of drug-likeness (QED) is 0.326. The van der Waals surface area contributed by atoms with Crippen LogP contribution in [-0.4, -0.2) is 18.6 Å². The zero-order valence-corrected chi connectivity index (χ0v) is 4.43. The number of carbonyl (C=O) groups excluding carboxylic acids is 2. The average molecular weight is 109 g/mol. The molecular weight excluding hydrogens is 105 g/mol. The van der Waals surface area contributed by atoms with Crippen molar-refractivity contribution < 1.29 is 34.6 Å². The fourth-order valence-electron chi connectivity index (χ4n) is 0.317. The molecule has 1 fully saturated rings. The maximum atomic E-state index is 10.00. The molecule has 1 aliphatic heterocycles. The van der Waals surface area contributed by atoms with Crippen molar-refractivity contribution in [1.29, 1.82) is 0 Å². The van der Waals surface area contributed by atoms with E-state index in [4.69, 9.17) is 0 Å². The zero-order valence-electron chi connectivity index (χ0n) is 5.43. The van der Waals surface area contributed by atoms with Crippen molar-refractivity contribution in [2.45, 2.75) is 0 Å². The SMILES string of the molecule is O=C1COC(=O)N1.[H-].[Li+]. The van der Waals surface area contributed by atoms with Gasteiger partial charge in [-0.05, 0) is 0 Å².